The number of anilines is 1. The molecule has 1 aliphatic rings. The first-order valence-corrected chi connectivity index (χ1v) is 6.76. The van der Waals surface area contributed by atoms with Crippen LogP contribution in [0.15, 0.2) is 30.3 Å². The number of aromatic nitrogens is 1. The normalized spacial score (nSPS) is 13.9. The van der Waals surface area contributed by atoms with E-state index in [1.807, 2.05) is 0 Å². The molecule has 0 fully saturated rings. The zero-order valence-corrected chi connectivity index (χ0v) is 12.2. The van der Waals surface area contributed by atoms with Gasteiger partial charge in [-0.05, 0) is 24.3 Å². The third-order valence-electron chi connectivity index (χ3n) is 2.84. The lowest BCUT2D eigenvalue weighted by atomic mass is 10.2. The van der Waals surface area contributed by atoms with E-state index in [4.69, 9.17) is 39.5 Å². The molecular formula is C13H7Cl3N2O2. The van der Waals surface area contributed by atoms with E-state index < -0.39 is 0 Å². The van der Waals surface area contributed by atoms with Gasteiger partial charge in [0, 0.05) is 0 Å². The van der Waals surface area contributed by atoms with Gasteiger partial charge in [0.15, 0.2) is 6.73 Å². The predicted molar refractivity (Wildman–Crippen MR) is 78.0 cm³/mol. The smallest absolute Gasteiger partial charge is 0.266 e. The highest BCUT2D eigenvalue weighted by molar-refractivity contribution is 6.40. The van der Waals surface area contributed by atoms with Gasteiger partial charge in [-0.15, -0.1) is 0 Å². The maximum absolute atomic E-state index is 12.5. The maximum Gasteiger partial charge on any atom is 0.266 e. The van der Waals surface area contributed by atoms with Crippen molar-refractivity contribution < 1.29 is 9.53 Å². The molecule has 0 N–H and O–H groups in total. The minimum absolute atomic E-state index is 0.0252. The van der Waals surface area contributed by atoms with Crippen LogP contribution < -0.4 is 9.64 Å². The van der Waals surface area contributed by atoms with Crippen molar-refractivity contribution in [3.63, 3.8) is 0 Å². The summed E-state index contributed by atoms with van der Waals surface area (Å²) in [6, 6.07) is 8.11. The van der Waals surface area contributed by atoms with Crippen LogP contribution in [-0.4, -0.2) is 17.6 Å². The summed E-state index contributed by atoms with van der Waals surface area (Å²) in [5.74, 6) is -0.0765. The van der Waals surface area contributed by atoms with Crippen LogP contribution in [0.4, 0.5) is 5.69 Å². The Labute approximate surface area is 129 Å². The second-order valence-corrected chi connectivity index (χ2v) is 5.27. The summed E-state index contributed by atoms with van der Waals surface area (Å²) in [5, 5.41) is 1.01. The number of fused-ring (bicyclic) bond motifs is 1. The Morgan fingerprint density at radius 1 is 1.10 bits per heavy atom. The summed E-state index contributed by atoms with van der Waals surface area (Å²) >= 11 is 18.0. The predicted octanol–water partition coefficient (Wildman–Crippen LogP) is 4.04. The van der Waals surface area contributed by atoms with Gasteiger partial charge in [-0.3, -0.25) is 9.69 Å². The van der Waals surface area contributed by atoms with Crippen molar-refractivity contribution >= 4 is 46.4 Å². The van der Waals surface area contributed by atoms with E-state index in [2.05, 4.69) is 4.98 Å². The molecule has 2 aromatic rings. The van der Waals surface area contributed by atoms with Gasteiger partial charge in [0.1, 0.15) is 10.7 Å². The number of nitrogens with zero attached hydrogens (tertiary/aromatic N) is 2. The minimum Gasteiger partial charge on any atom is -0.455 e. The molecular weight excluding hydrogens is 323 g/mol. The molecule has 1 amide bonds. The maximum atomic E-state index is 12.5. The van der Waals surface area contributed by atoms with Crippen molar-refractivity contribution in [1.29, 1.82) is 0 Å². The number of pyridine rings is 1. The first-order valence-electron chi connectivity index (χ1n) is 5.63. The van der Waals surface area contributed by atoms with Crippen LogP contribution in [0.3, 0.4) is 0 Å². The summed E-state index contributed by atoms with van der Waals surface area (Å²) in [6.45, 7) is -0.0252. The average molecular weight is 330 g/mol. The van der Waals surface area contributed by atoms with E-state index in [1.165, 1.54) is 11.0 Å². The Morgan fingerprint density at radius 3 is 2.50 bits per heavy atom. The third-order valence-corrected chi connectivity index (χ3v) is 3.66. The van der Waals surface area contributed by atoms with Crippen LogP contribution in [-0.2, 0) is 0 Å². The molecule has 0 saturated carbocycles. The molecule has 7 heteroatoms. The van der Waals surface area contributed by atoms with Crippen LogP contribution in [0, 0.1) is 0 Å². The first kappa shape index (κ1) is 13.5. The standard InChI is InChI=1S/C13H7Cl3N2O2/c14-8-2-1-3-9(15)11(8)18-6-20-12-7(13(18)19)4-5-10(16)17-12/h1-5H,6H2. The Balaban J connectivity index is 2.07. The minimum atomic E-state index is -0.287. The number of benzene rings is 1. The summed E-state index contributed by atoms with van der Waals surface area (Å²) in [5.41, 5.74) is 0.734. The third kappa shape index (κ3) is 2.20. The van der Waals surface area contributed by atoms with Gasteiger partial charge >= 0.3 is 0 Å². The summed E-state index contributed by atoms with van der Waals surface area (Å²) in [7, 11) is 0. The van der Waals surface area contributed by atoms with Crippen molar-refractivity contribution in [1.82, 2.24) is 4.98 Å². The number of carbonyl (C=O) groups excluding carboxylic acids is 1. The van der Waals surface area contributed by atoms with Gasteiger partial charge in [-0.25, -0.2) is 4.98 Å². The van der Waals surface area contributed by atoms with Gasteiger partial charge < -0.3 is 4.74 Å². The molecule has 20 heavy (non-hydrogen) atoms. The summed E-state index contributed by atoms with van der Waals surface area (Å²) in [6.07, 6.45) is 0. The van der Waals surface area contributed by atoms with Crippen molar-refractivity contribution in [2.45, 2.75) is 0 Å². The van der Waals surface area contributed by atoms with Crippen molar-refractivity contribution in [2.24, 2.45) is 0 Å². The quantitative estimate of drug-likeness (QED) is 0.742. The van der Waals surface area contributed by atoms with Crippen LogP contribution >= 0.6 is 34.8 Å². The summed E-state index contributed by atoms with van der Waals surface area (Å²) < 4.78 is 5.44. The molecule has 0 unspecified atom stereocenters. The van der Waals surface area contributed by atoms with Crippen molar-refractivity contribution in [2.75, 3.05) is 11.6 Å². The number of halogens is 3. The molecule has 0 bridgehead atoms. The highest BCUT2D eigenvalue weighted by atomic mass is 35.5. The van der Waals surface area contributed by atoms with Gasteiger partial charge in [0.25, 0.3) is 5.91 Å². The van der Waals surface area contributed by atoms with Crippen LogP contribution in [0.5, 0.6) is 5.88 Å². The zero-order chi connectivity index (χ0) is 14.3. The zero-order valence-electron chi connectivity index (χ0n) is 9.94. The van der Waals surface area contributed by atoms with Crippen molar-refractivity contribution in [3.8, 4) is 5.88 Å². The number of amides is 1. The molecule has 102 valence electrons. The lowest BCUT2D eigenvalue weighted by Gasteiger charge is -2.29. The lowest BCUT2D eigenvalue weighted by Crippen LogP contribution is -2.39. The first-order chi connectivity index (χ1) is 9.58. The highest BCUT2D eigenvalue weighted by Crippen LogP contribution is 2.37. The number of rotatable bonds is 1. The SMILES string of the molecule is O=C1c2ccc(Cl)nc2OCN1c1c(Cl)cccc1Cl. The Hall–Kier alpha value is -1.49. The van der Waals surface area contributed by atoms with Gasteiger partial charge in [-0.2, -0.15) is 0 Å². The van der Waals surface area contributed by atoms with E-state index >= 15 is 0 Å². The molecule has 0 spiro atoms. The molecule has 4 nitrogen and oxygen atoms in total. The van der Waals surface area contributed by atoms with Gasteiger partial charge in [0.05, 0.1) is 15.7 Å². The van der Waals surface area contributed by atoms with Crippen molar-refractivity contribution in [3.05, 3.63) is 51.1 Å². The highest BCUT2D eigenvalue weighted by Gasteiger charge is 2.30. The van der Waals surface area contributed by atoms with E-state index in [9.17, 15) is 4.79 Å². The van der Waals surface area contributed by atoms with E-state index in [0.717, 1.165) is 0 Å². The molecule has 0 aliphatic carbocycles. The molecule has 0 saturated heterocycles. The summed E-state index contributed by atoms with van der Waals surface area (Å²) in [4.78, 5) is 17.8. The van der Waals surface area contributed by atoms with E-state index in [0.29, 0.717) is 21.3 Å². The molecule has 3 rings (SSSR count). The molecule has 1 aliphatic heterocycles. The Kier molecular flexibility index (Phi) is 3.46. The molecule has 1 aromatic carbocycles. The van der Waals surface area contributed by atoms with E-state index in [-0.39, 0.29) is 23.7 Å². The molecule has 1 aromatic heterocycles. The monoisotopic (exact) mass is 328 g/mol. The second-order valence-electron chi connectivity index (χ2n) is 4.06. The van der Waals surface area contributed by atoms with Crippen LogP contribution in [0.2, 0.25) is 15.2 Å². The van der Waals surface area contributed by atoms with E-state index in [1.54, 1.807) is 24.3 Å². The van der Waals surface area contributed by atoms with Crippen LogP contribution in [0.25, 0.3) is 0 Å². The van der Waals surface area contributed by atoms with Gasteiger partial charge in [-0.1, -0.05) is 40.9 Å². The average Bonchev–Trinajstić information content (AvgIpc) is 2.41. The fourth-order valence-corrected chi connectivity index (χ4v) is 2.67. The Bertz CT molecular complexity index is 686. The number of hydrogen-bond donors (Lipinski definition) is 0. The number of ether oxygens (including phenoxy) is 1. The Morgan fingerprint density at radius 2 is 1.80 bits per heavy atom. The number of carbonyl (C=O) groups is 1. The largest absolute Gasteiger partial charge is 0.455 e. The fourth-order valence-electron chi connectivity index (χ4n) is 1.93. The number of para-hydroxylation sites is 1. The molecule has 0 atom stereocenters. The molecule has 2 heterocycles. The van der Waals surface area contributed by atoms with Crippen LogP contribution in [0.1, 0.15) is 10.4 Å². The van der Waals surface area contributed by atoms with Gasteiger partial charge in [0.2, 0.25) is 5.88 Å². The number of hydrogen-bond acceptors (Lipinski definition) is 3. The second kappa shape index (κ2) is 5.13. The molecule has 0 radical (unpaired) electrons. The topological polar surface area (TPSA) is 42.4 Å². The fraction of sp³-hybridized carbons (Fsp3) is 0.0769. The lowest BCUT2D eigenvalue weighted by molar-refractivity contribution is 0.0933.